The minimum atomic E-state index is -0.797. The molecule has 1 unspecified atom stereocenters. The largest absolute Gasteiger partial charge is 0.481 e. The van der Waals surface area contributed by atoms with Crippen LogP contribution in [0.2, 0.25) is 0 Å². The molecule has 6 N–H and O–H groups in total. The van der Waals surface area contributed by atoms with E-state index in [0.29, 0.717) is 11.6 Å². The normalized spacial score (nSPS) is 17.9. The zero-order chi connectivity index (χ0) is 23.4. The molecule has 0 saturated heterocycles. The molecule has 4 rings (SSSR count). The van der Waals surface area contributed by atoms with Gasteiger partial charge in [0.1, 0.15) is 5.82 Å². The van der Waals surface area contributed by atoms with Crippen LogP contribution in [-0.4, -0.2) is 35.1 Å². The summed E-state index contributed by atoms with van der Waals surface area (Å²) >= 11 is 0. The van der Waals surface area contributed by atoms with Gasteiger partial charge in [-0.05, 0) is 30.5 Å². The molecule has 8 nitrogen and oxygen atoms in total. The Balaban J connectivity index is 1.69. The Morgan fingerprint density at radius 3 is 2.61 bits per heavy atom. The highest BCUT2D eigenvalue weighted by Crippen LogP contribution is 2.32. The fraction of sp³-hybridized carbons (Fsp3) is 0.292. The summed E-state index contributed by atoms with van der Waals surface area (Å²) in [6, 6.07) is 12.3. The van der Waals surface area contributed by atoms with Crippen molar-refractivity contribution < 1.29 is 13.9 Å². The second-order valence-corrected chi connectivity index (χ2v) is 8.05. The number of benzene rings is 1. The molecule has 2 aromatic heterocycles. The fourth-order valence-electron chi connectivity index (χ4n) is 4.03. The molecular weight excluding hydrogens is 423 g/mol. The van der Waals surface area contributed by atoms with E-state index in [1.165, 1.54) is 0 Å². The van der Waals surface area contributed by atoms with Crippen LogP contribution in [0.4, 0.5) is 21.7 Å². The van der Waals surface area contributed by atoms with E-state index in [2.05, 4.69) is 20.6 Å². The highest BCUT2D eigenvalue weighted by atomic mass is 19.1. The molecule has 0 radical (unpaired) electrons. The lowest BCUT2D eigenvalue weighted by Crippen LogP contribution is -2.43. The number of nitrogens with two attached hydrogens (primary N) is 2. The van der Waals surface area contributed by atoms with Crippen LogP contribution < -0.4 is 26.8 Å². The fourth-order valence-corrected chi connectivity index (χ4v) is 4.03. The molecule has 3 aromatic rings. The third-order valence-electron chi connectivity index (χ3n) is 5.78. The van der Waals surface area contributed by atoms with E-state index in [0.717, 1.165) is 42.9 Å². The molecule has 1 fully saturated rings. The van der Waals surface area contributed by atoms with Crippen LogP contribution in [0.1, 0.15) is 36.0 Å². The number of amides is 1. The van der Waals surface area contributed by atoms with Crippen molar-refractivity contribution in [2.24, 2.45) is 11.5 Å². The number of methoxy groups -OCH3 is 1. The summed E-state index contributed by atoms with van der Waals surface area (Å²) in [6.45, 7) is 0. The first kappa shape index (κ1) is 22.5. The Bertz CT molecular complexity index is 1140. The molecule has 1 saturated carbocycles. The predicted molar refractivity (Wildman–Crippen MR) is 126 cm³/mol. The van der Waals surface area contributed by atoms with Crippen molar-refractivity contribution in [3.8, 4) is 17.0 Å². The Morgan fingerprint density at radius 1 is 1.15 bits per heavy atom. The number of primary amides is 1. The molecule has 1 aliphatic carbocycles. The number of rotatable bonds is 7. The zero-order valence-corrected chi connectivity index (χ0v) is 18.3. The molecule has 0 aliphatic heterocycles. The number of hydrogen-bond acceptors (Lipinski definition) is 7. The maximum absolute atomic E-state index is 14.8. The summed E-state index contributed by atoms with van der Waals surface area (Å²) in [5.74, 6) is -0.863. The maximum Gasteiger partial charge on any atom is 0.252 e. The third kappa shape index (κ3) is 5.04. The highest BCUT2D eigenvalue weighted by Gasteiger charge is 2.24. The number of carbonyl (C=O) groups excluding carboxylic acids is 1. The quantitative estimate of drug-likeness (QED) is 0.431. The molecule has 1 aromatic carbocycles. The number of carbonyl (C=O) groups is 1. The zero-order valence-electron chi connectivity index (χ0n) is 18.3. The summed E-state index contributed by atoms with van der Waals surface area (Å²) in [6.07, 6.45) is 5.30. The highest BCUT2D eigenvalue weighted by molar-refractivity contribution is 5.98. The van der Waals surface area contributed by atoms with Gasteiger partial charge >= 0.3 is 0 Å². The van der Waals surface area contributed by atoms with Gasteiger partial charge in [0.25, 0.3) is 5.91 Å². The summed E-state index contributed by atoms with van der Waals surface area (Å²) in [4.78, 5) is 20.7. The number of ether oxygens (including phenoxy) is 1. The predicted octanol–water partition coefficient (Wildman–Crippen LogP) is 3.82. The van der Waals surface area contributed by atoms with Crippen LogP contribution in [0.15, 0.2) is 48.7 Å². The van der Waals surface area contributed by atoms with Crippen LogP contribution in [0.25, 0.3) is 11.1 Å². The number of hydrogen-bond donors (Lipinski definition) is 4. The van der Waals surface area contributed by atoms with Crippen molar-refractivity contribution in [2.45, 2.75) is 37.8 Å². The van der Waals surface area contributed by atoms with Crippen LogP contribution in [-0.2, 0) is 0 Å². The van der Waals surface area contributed by atoms with Gasteiger partial charge < -0.3 is 26.8 Å². The van der Waals surface area contributed by atoms with E-state index in [1.54, 1.807) is 13.3 Å². The Labute approximate surface area is 191 Å². The molecule has 33 heavy (non-hydrogen) atoms. The van der Waals surface area contributed by atoms with Crippen molar-refractivity contribution in [2.75, 3.05) is 17.7 Å². The molecule has 2 atom stereocenters. The van der Waals surface area contributed by atoms with Gasteiger partial charge in [0.2, 0.25) is 5.88 Å². The van der Waals surface area contributed by atoms with E-state index in [9.17, 15) is 9.18 Å². The summed E-state index contributed by atoms with van der Waals surface area (Å²) in [7, 11) is 1.54. The first-order chi connectivity index (χ1) is 16.0. The summed E-state index contributed by atoms with van der Waals surface area (Å²) in [5.41, 5.74) is 13.8. The standard InChI is InChI=1S/C24H27FN6O2/c1-33-24-16(14-7-3-2-4-8-14)11-15(13-28-24)29-22-17(21(27)32)12-18(25)23(31-22)30-20-10-6-5-9-19(20)26/h2-4,7-8,11-13,19-20H,5-6,9-10,26H2,1H3,(H2,27,32)(H2,29,30,31)/t19-,20?/m0/s1. The first-order valence-corrected chi connectivity index (χ1v) is 10.8. The lowest BCUT2D eigenvalue weighted by Gasteiger charge is -2.30. The number of pyridine rings is 2. The topological polar surface area (TPSA) is 128 Å². The average molecular weight is 451 g/mol. The second-order valence-electron chi connectivity index (χ2n) is 8.05. The average Bonchev–Trinajstić information content (AvgIpc) is 2.82. The van der Waals surface area contributed by atoms with E-state index >= 15 is 0 Å². The maximum atomic E-state index is 14.8. The van der Waals surface area contributed by atoms with Gasteiger partial charge in [-0.15, -0.1) is 0 Å². The lowest BCUT2D eigenvalue weighted by atomic mass is 9.91. The van der Waals surface area contributed by atoms with Gasteiger partial charge in [-0.2, -0.15) is 0 Å². The van der Waals surface area contributed by atoms with Gasteiger partial charge in [0, 0.05) is 17.6 Å². The Hall–Kier alpha value is -3.72. The molecule has 1 aliphatic rings. The van der Waals surface area contributed by atoms with Crippen molar-refractivity contribution in [3.63, 3.8) is 0 Å². The third-order valence-corrected chi connectivity index (χ3v) is 5.78. The van der Waals surface area contributed by atoms with E-state index in [-0.39, 0.29) is 29.3 Å². The van der Waals surface area contributed by atoms with Crippen molar-refractivity contribution in [1.29, 1.82) is 0 Å². The minimum absolute atomic E-state index is 0.0228. The number of halogens is 1. The van der Waals surface area contributed by atoms with E-state index < -0.39 is 11.7 Å². The smallest absolute Gasteiger partial charge is 0.252 e. The van der Waals surface area contributed by atoms with Gasteiger partial charge in [0.15, 0.2) is 11.6 Å². The van der Waals surface area contributed by atoms with Gasteiger partial charge in [-0.3, -0.25) is 4.79 Å². The molecule has 2 heterocycles. The number of nitrogens with one attached hydrogen (secondary N) is 2. The molecule has 0 bridgehead atoms. The summed E-state index contributed by atoms with van der Waals surface area (Å²) in [5, 5.41) is 6.17. The van der Waals surface area contributed by atoms with Crippen molar-refractivity contribution >= 4 is 23.2 Å². The van der Waals surface area contributed by atoms with E-state index in [4.69, 9.17) is 16.2 Å². The SMILES string of the molecule is COc1ncc(Nc2nc(NC3CCCC[C@@H]3N)c(F)cc2C(N)=O)cc1-c1ccccc1. The van der Waals surface area contributed by atoms with Gasteiger partial charge in [-0.1, -0.05) is 43.2 Å². The lowest BCUT2D eigenvalue weighted by molar-refractivity contribution is 0.100. The van der Waals surface area contributed by atoms with Gasteiger partial charge in [0.05, 0.1) is 24.6 Å². The number of anilines is 3. The molecular formula is C24H27FN6O2. The van der Waals surface area contributed by atoms with Crippen LogP contribution in [0.3, 0.4) is 0 Å². The molecule has 172 valence electrons. The minimum Gasteiger partial charge on any atom is -0.481 e. The monoisotopic (exact) mass is 450 g/mol. The van der Waals surface area contributed by atoms with Gasteiger partial charge in [-0.25, -0.2) is 14.4 Å². The van der Waals surface area contributed by atoms with Crippen LogP contribution in [0.5, 0.6) is 5.88 Å². The van der Waals surface area contributed by atoms with E-state index in [1.807, 2.05) is 36.4 Å². The molecule has 0 spiro atoms. The Morgan fingerprint density at radius 2 is 1.91 bits per heavy atom. The van der Waals surface area contributed by atoms with Crippen molar-refractivity contribution in [1.82, 2.24) is 9.97 Å². The number of nitrogens with zero attached hydrogens (tertiary/aromatic N) is 2. The van der Waals surface area contributed by atoms with Crippen LogP contribution >= 0.6 is 0 Å². The molecule has 9 heteroatoms. The van der Waals surface area contributed by atoms with Crippen molar-refractivity contribution in [3.05, 3.63) is 60.0 Å². The first-order valence-electron chi connectivity index (χ1n) is 10.8. The number of aromatic nitrogens is 2. The van der Waals surface area contributed by atoms with Crippen LogP contribution in [0, 0.1) is 5.82 Å². The molecule has 1 amide bonds. The summed E-state index contributed by atoms with van der Waals surface area (Å²) < 4.78 is 20.2. The Kier molecular flexibility index (Phi) is 6.69. The second kappa shape index (κ2) is 9.83.